The predicted molar refractivity (Wildman–Crippen MR) is 86.8 cm³/mol. The first kappa shape index (κ1) is 15.1. The van der Waals surface area contributed by atoms with Gasteiger partial charge in [0, 0.05) is 19.2 Å². The molecule has 1 saturated heterocycles. The van der Waals surface area contributed by atoms with Crippen molar-refractivity contribution < 1.29 is 14.7 Å². The molecule has 5 heteroatoms. The van der Waals surface area contributed by atoms with Crippen LogP contribution in [0.4, 0.5) is 5.69 Å². The first-order valence-corrected chi connectivity index (χ1v) is 7.47. The maximum Gasteiger partial charge on any atom is 0.230 e. The molecule has 0 unspecified atom stereocenters. The maximum atomic E-state index is 12.6. The number of rotatable bonds is 3. The molecule has 2 atom stereocenters. The highest BCUT2D eigenvalue weighted by Crippen LogP contribution is 2.37. The van der Waals surface area contributed by atoms with Crippen LogP contribution in [0.3, 0.4) is 0 Å². The molecule has 0 aliphatic carbocycles. The van der Waals surface area contributed by atoms with E-state index in [-0.39, 0.29) is 30.0 Å². The summed E-state index contributed by atoms with van der Waals surface area (Å²) in [5.74, 6) is -0.531. The molecule has 1 aliphatic heterocycles. The van der Waals surface area contributed by atoms with Gasteiger partial charge in [0.15, 0.2) is 0 Å². The van der Waals surface area contributed by atoms with Gasteiger partial charge in [-0.3, -0.25) is 9.59 Å². The number of carbonyl (C=O) groups excluding carboxylic acids is 2. The van der Waals surface area contributed by atoms with E-state index >= 15 is 0 Å². The van der Waals surface area contributed by atoms with Gasteiger partial charge in [-0.2, -0.15) is 0 Å². The van der Waals surface area contributed by atoms with Gasteiger partial charge >= 0.3 is 0 Å². The Hall–Kier alpha value is -2.82. The molecule has 5 nitrogen and oxygen atoms in total. The molecule has 2 aromatic carbocycles. The van der Waals surface area contributed by atoms with Crippen LogP contribution in [0.25, 0.3) is 0 Å². The van der Waals surface area contributed by atoms with Gasteiger partial charge in [0.2, 0.25) is 11.8 Å². The van der Waals surface area contributed by atoms with E-state index in [1.165, 1.54) is 12.1 Å². The molecule has 2 N–H and O–H groups in total. The lowest BCUT2D eigenvalue weighted by molar-refractivity contribution is -0.127. The second-order valence-corrected chi connectivity index (χ2v) is 5.71. The number of aromatic hydroxyl groups is 1. The zero-order chi connectivity index (χ0) is 16.4. The first-order chi connectivity index (χ1) is 11.1. The van der Waals surface area contributed by atoms with Crippen molar-refractivity contribution in [2.24, 2.45) is 5.92 Å². The van der Waals surface area contributed by atoms with Gasteiger partial charge in [-0.25, -0.2) is 0 Å². The van der Waals surface area contributed by atoms with Gasteiger partial charge in [0.25, 0.3) is 0 Å². The molecule has 0 aromatic heterocycles. The summed E-state index contributed by atoms with van der Waals surface area (Å²) in [7, 11) is 1.73. The Labute approximate surface area is 134 Å². The van der Waals surface area contributed by atoms with Gasteiger partial charge < -0.3 is 15.3 Å². The van der Waals surface area contributed by atoms with Crippen LogP contribution < -0.4 is 5.32 Å². The van der Waals surface area contributed by atoms with Gasteiger partial charge in [-0.05, 0) is 29.8 Å². The number of anilines is 1. The molecular formula is C18H18N2O3. The predicted octanol–water partition coefficient (Wildman–Crippen LogP) is 2.55. The van der Waals surface area contributed by atoms with Crippen LogP contribution in [-0.4, -0.2) is 28.9 Å². The number of benzene rings is 2. The molecule has 0 radical (unpaired) electrons. The number of hydrogen-bond donors (Lipinski definition) is 2. The monoisotopic (exact) mass is 310 g/mol. The summed E-state index contributed by atoms with van der Waals surface area (Å²) >= 11 is 0. The third-order valence-corrected chi connectivity index (χ3v) is 4.20. The summed E-state index contributed by atoms with van der Waals surface area (Å²) < 4.78 is 0. The lowest BCUT2D eigenvalue weighted by atomic mass is 9.93. The highest BCUT2D eigenvalue weighted by Gasteiger charge is 2.42. The van der Waals surface area contributed by atoms with Crippen LogP contribution >= 0.6 is 0 Å². The molecule has 1 fully saturated rings. The number of hydrogen-bond acceptors (Lipinski definition) is 3. The van der Waals surface area contributed by atoms with Crippen molar-refractivity contribution in [1.29, 1.82) is 0 Å². The number of amides is 2. The average Bonchev–Trinajstić information content (AvgIpc) is 2.86. The minimum Gasteiger partial charge on any atom is -0.508 e. The highest BCUT2D eigenvalue weighted by molar-refractivity contribution is 5.97. The molecule has 1 aliphatic rings. The molecule has 23 heavy (non-hydrogen) atoms. The Morgan fingerprint density at radius 2 is 1.78 bits per heavy atom. The van der Waals surface area contributed by atoms with Gasteiger partial charge in [0.05, 0.1) is 12.0 Å². The second kappa shape index (κ2) is 6.12. The van der Waals surface area contributed by atoms with Crippen LogP contribution in [0, 0.1) is 5.92 Å². The number of likely N-dealkylation sites (tertiary alicyclic amines) is 1. The Morgan fingerprint density at radius 1 is 1.13 bits per heavy atom. The van der Waals surface area contributed by atoms with Crippen molar-refractivity contribution >= 4 is 17.5 Å². The summed E-state index contributed by atoms with van der Waals surface area (Å²) in [5.41, 5.74) is 1.55. The lowest BCUT2D eigenvalue weighted by Crippen LogP contribution is -2.29. The van der Waals surface area contributed by atoms with Crippen molar-refractivity contribution in [3.05, 3.63) is 60.2 Å². The van der Waals surface area contributed by atoms with Crippen LogP contribution in [0.1, 0.15) is 18.0 Å². The van der Waals surface area contributed by atoms with Crippen molar-refractivity contribution in [3.8, 4) is 5.75 Å². The smallest absolute Gasteiger partial charge is 0.230 e. The molecule has 1 heterocycles. The number of carbonyl (C=O) groups is 2. The molecule has 3 rings (SSSR count). The number of nitrogens with one attached hydrogen (secondary N) is 1. The Bertz CT molecular complexity index is 713. The normalized spacial score (nSPS) is 20.6. The third kappa shape index (κ3) is 3.04. The van der Waals surface area contributed by atoms with E-state index in [9.17, 15) is 14.7 Å². The molecule has 0 bridgehead atoms. The largest absolute Gasteiger partial charge is 0.508 e. The molecule has 0 spiro atoms. The van der Waals surface area contributed by atoms with E-state index in [0.29, 0.717) is 5.69 Å². The molecule has 2 aromatic rings. The molecule has 0 saturated carbocycles. The molecule has 118 valence electrons. The van der Waals surface area contributed by atoms with Crippen molar-refractivity contribution in [1.82, 2.24) is 4.90 Å². The van der Waals surface area contributed by atoms with E-state index in [1.54, 1.807) is 24.1 Å². The van der Waals surface area contributed by atoms with E-state index in [2.05, 4.69) is 5.32 Å². The van der Waals surface area contributed by atoms with E-state index in [4.69, 9.17) is 0 Å². The van der Waals surface area contributed by atoms with Crippen molar-refractivity contribution in [2.45, 2.75) is 12.5 Å². The van der Waals surface area contributed by atoms with Crippen LogP contribution in [0.15, 0.2) is 54.6 Å². The first-order valence-electron chi connectivity index (χ1n) is 7.47. The van der Waals surface area contributed by atoms with Gasteiger partial charge in [-0.15, -0.1) is 0 Å². The van der Waals surface area contributed by atoms with Crippen molar-refractivity contribution in [3.63, 3.8) is 0 Å². The minimum atomic E-state index is -0.441. The molecule has 2 amide bonds. The summed E-state index contributed by atoms with van der Waals surface area (Å²) in [5, 5.41) is 12.1. The van der Waals surface area contributed by atoms with Crippen LogP contribution in [0.5, 0.6) is 5.75 Å². The summed E-state index contributed by atoms with van der Waals surface area (Å²) in [6.07, 6.45) is 0.194. The fourth-order valence-corrected chi connectivity index (χ4v) is 2.99. The van der Waals surface area contributed by atoms with Crippen LogP contribution in [0.2, 0.25) is 0 Å². The standard InChI is InChI=1S/C18H18N2O3/c1-20-16(22)11-15(17(20)12-5-3-2-4-6-12)18(23)19-13-7-9-14(21)10-8-13/h2-10,15,17,21H,11H2,1H3,(H,19,23)/t15-,17-/m1/s1. The van der Waals surface area contributed by atoms with Gasteiger partial charge in [0.1, 0.15) is 5.75 Å². The highest BCUT2D eigenvalue weighted by atomic mass is 16.3. The minimum absolute atomic E-state index is 0.0373. The summed E-state index contributed by atoms with van der Waals surface area (Å²) in [6.45, 7) is 0. The van der Waals surface area contributed by atoms with Crippen LogP contribution in [-0.2, 0) is 9.59 Å². The zero-order valence-corrected chi connectivity index (χ0v) is 12.8. The topological polar surface area (TPSA) is 69.6 Å². The lowest BCUT2D eigenvalue weighted by Gasteiger charge is -2.24. The Morgan fingerprint density at radius 3 is 2.43 bits per heavy atom. The van der Waals surface area contributed by atoms with Crippen molar-refractivity contribution in [2.75, 3.05) is 12.4 Å². The fourth-order valence-electron chi connectivity index (χ4n) is 2.99. The average molecular weight is 310 g/mol. The summed E-state index contributed by atoms with van der Waals surface area (Å²) in [6, 6.07) is 15.6. The van der Waals surface area contributed by atoms with E-state index in [0.717, 1.165) is 5.56 Å². The maximum absolute atomic E-state index is 12.6. The number of phenols is 1. The Kier molecular flexibility index (Phi) is 4.02. The fraction of sp³-hybridized carbons (Fsp3) is 0.222. The number of phenolic OH excluding ortho intramolecular Hbond substituents is 1. The quantitative estimate of drug-likeness (QED) is 0.856. The van der Waals surface area contributed by atoms with E-state index in [1.807, 2.05) is 30.3 Å². The number of nitrogens with zero attached hydrogens (tertiary/aromatic N) is 1. The second-order valence-electron chi connectivity index (χ2n) is 5.71. The summed E-state index contributed by atoms with van der Waals surface area (Å²) in [4.78, 5) is 26.3. The third-order valence-electron chi connectivity index (χ3n) is 4.20. The SMILES string of the molecule is CN1C(=O)C[C@@H](C(=O)Nc2ccc(O)cc2)[C@H]1c1ccccc1. The zero-order valence-electron chi connectivity index (χ0n) is 12.8. The Balaban J connectivity index is 1.83. The van der Waals surface area contributed by atoms with Gasteiger partial charge in [-0.1, -0.05) is 30.3 Å². The van der Waals surface area contributed by atoms with E-state index < -0.39 is 5.92 Å². The molecular weight excluding hydrogens is 292 g/mol.